The van der Waals surface area contributed by atoms with Gasteiger partial charge in [-0.2, -0.15) is 0 Å². The zero-order valence-electron chi connectivity index (χ0n) is 14.3. The Morgan fingerprint density at radius 2 is 2.04 bits per heavy atom. The van der Waals surface area contributed by atoms with Crippen molar-refractivity contribution in [1.82, 2.24) is 9.80 Å². The number of carbonyl (C=O) groups is 3. The fraction of sp³-hybridized carbons (Fsp3) is 0.500. The summed E-state index contributed by atoms with van der Waals surface area (Å²) in [5, 5.41) is 0. The number of rotatable bonds is 6. The molecule has 25 heavy (non-hydrogen) atoms. The fourth-order valence-electron chi connectivity index (χ4n) is 3.06. The van der Waals surface area contributed by atoms with Crippen LogP contribution in [0.3, 0.4) is 0 Å². The third-order valence-corrected chi connectivity index (χ3v) is 4.47. The summed E-state index contributed by atoms with van der Waals surface area (Å²) in [4.78, 5) is 38.8. The van der Waals surface area contributed by atoms with Gasteiger partial charge in [-0.3, -0.25) is 9.59 Å². The molecule has 7 heteroatoms. The first-order valence-corrected chi connectivity index (χ1v) is 8.61. The highest BCUT2D eigenvalue weighted by molar-refractivity contribution is 5.98. The van der Waals surface area contributed by atoms with Gasteiger partial charge >= 0.3 is 6.09 Å². The number of likely N-dealkylation sites (tertiary alicyclic amines) is 1. The minimum absolute atomic E-state index is 0.109. The number of imide groups is 1. The zero-order chi connectivity index (χ0) is 17.8. The van der Waals surface area contributed by atoms with Crippen molar-refractivity contribution in [2.24, 2.45) is 0 Å². The monoisotopic (exact) mass is 346 g/mol. The zero-order valence-corrected chi connectivity index (χ0v) is 14.3. The summed E-state index contributed by atoms with van der Waals surface area (Å²) in [5.74, 6) is 0.301. The number of nitrogens with zero attached hydrogens (tertiary/aromatic N) is 2. The normalized spacial score (nSPS) is 20.1. The Morgan fingerprint density at radius 1 is 1.28 bits per heavy atom. The van der Waals surface area contributed by atoms with Gasteiger partial charge in [0.05, 0.1) is 12.6 Å². The average Bonchev–Trinajstić information content (AvgIpc) is 3.22. The molecule has 1 atom stereocenters. The number of amides is 3. The highest BCUT2D eigenvalue weighted by Crippen LogP contribution is 2.22. The second-order valence-corrected chi connectivity index (χ2v) is 6.24. The second kappa shape index (κ2) is 7.55. The van der Waals surface area contributed by atoms with Crippen molar-refractivity contribution < 1.29 is 23.9 Å². The van der Waals surface area contributed by atoms with Crippen LogP contribution >= 0.6 is 0 Å². The highest BCUT2D eigenvalue weighted by Gasteiger charge is 2.41. The molecule has 0 N–H and O–H groups in total. The number of hydrogen-bond donors (Lipinski definition) is 0. The van der Waals surface area contributed by atoms with Gasteiger partial charge in [-0.25, -0.2) is 9.69 Å². The predicted octanol–water partition coefficient (Wildman–Crippen LogP) is 2.06. The number of ether oxygens (including phenoxy) is 2. The minimum atomic E-state index is -0.613. The molecule has 7 nitrogen and oxygen atoms in total. The van der Waals surface area contributed by atoms with Gasteiger partial charge in [-0.1, -0.05) is 13.3 Å². The standard InChI is InChI=1S/C18H22N2O5/c1-2-3-10-24-15-6-4-13(5-7-15)17(22)19-9-8-14(11-19)20-16(21)12-25-18(20)23/h4-7,14H,2-3,8-12H2,1H3/t14-/m1/s1. The molecule has 0 radical (unpaired) electrons. The minimum Gasteiger partial charge on any atom is -0.494 e. The summed E-state index contributed by atoms with van der Waals surface area (Å²) in [5.41, 5.74) is 0.568. The summed E-state index contributed by atoms with van der Waals surface area (Å²) >= 11 is 0. The molecule has 2 aliphatic heterocycles. The lowest BCUT2D eigenvalue weighted by atomic mass is 10.2. The number of carbonyl (C=O) groups excluding carboxylic acids is 3. The van der Waals surface area contributed by atoms with Crippen molar-refractivity contribution in [1.29, 1.82) is 0 Å². The molecule has 0 aromatic heterocycles. The first-order chi connectivity index (χ1) is 12.1. The van der Waals surface area contributed by atoms with E-state index in [9.17, 15) is 14.4 Å². The molecule has 0 bridgehead atoms. The van der Waals surface area contributed by atoms with Gasteiger partial charge in [-0.15, -0.1) is 0 Å². The first kappa shape index (κ1) is 17.3. The molecule has 0 aliphatic carbocycles. The average molecular weight is 346 g/mol. The van der Waals surface area contributed by atoms with E-state index in [1.165, 1.54) is 0 Å². The van der Waals surface area contributed by atoms with E-state index in [4.69, 9.17) is 9.47 Å². The molecular formula is C18H22N2O5. The molecule has 0 unspecified atom stereocenters. The maximum atomic E-state index is 12.6. The summed E-state index contributed by atoms with van der Waals surface area (Å²) in [6, 6.07) is 6.76. The molecule has 1 aromatic rings. The lowest BCUT2D eigenvalue weighted by Gasteiger charge is -2.20. The summed E-state index contributed by atoms with van der Waals surface area (Å²) < 4.78 is 10.3. The number of cyclic esters (lactones) is 1. The molecule has 3 amide bonds. The largest absolute Gasteiger partial charge is 0.494 e. The Morgan fingerprint density at radius 3 is 2.68 bits per heavy atom. The van der Waals surface area contributed by atoms with E-state index in [2.05, 4.69) is 6.92 Å². The maximum absolute atomic E-state index is 12.6. The molecule has 0 saturated carbocycles. The van der Waals surface area contributed by atoms with Gasteiger partial charge in [0, 0.05) is 18.7 Å². The number of benzene rings is 1. The van der Waals surface area contributed by atoms with E-state index in [0.29, 0.717) is 31.7 Å². The lowest BCUT2D eigenvalue weighted by molar-refractivity contribution is -0.127. The van der Waals surface area contributed by atoms with Crippen molar-refractivity contribution >= 4 is 17.9 Å². The fourth-order valence-corrected chi connectivity index (χ4v) is 3.06. The van der Waals surface area contributed by atoms with Crippen LogP contribution in [0.1, 0.15) is 36.5 Å². The van der Waals surface area contributed by atoms with E-state index >= 15 is 0 Å². The molecule has 2 fully saturated rings. The molecular weight excluding hydrogens is 324 g/mol. The summed E-state index contributed by atoms with van der Waals surface area (Å²) in [7, 11) is 0. The Bertz CT molecular complexity index is 642. The quantitative estimate of drug-likeness (QED) is 0.737. The second-order valence-electron chi connectivity index (χ2n) is 6.24. The van der Waals surface area contributed by atoms with Crippen LogP contribution in [0.2, 0.25) is 0 Å². The third-order valence-electron chi connectivity index (χ3n) is 4.47. The third kappa shape index (κ3) is 3.75. The van der Waals surface area contributed by atoms with Gasteiger partial charge in [0.1, 0.15) is 5.75 Å². The first-order valence-electron chi connectivity index (χ1n) is 8.61. The van der Waals surface area contributed by atoms with Crippen molar-refractivity contribution in [2.45, 2.75) is 32.2 Å². The maximum Gasteiger partial charge on any atom is 0.417 e. The molecule has 2 heterocycles. The van der Waals surface area contributed by atoms with Gasteiger partial charge in [0.25, 0.3) is 11.8 Å². The van der Waals surface area contributed by atoms with Gasteiger partial charge in [0.2, 0.25) is 0 Å². The van der Waals surface area contributed by atoms with Gasteiger partial charge < -0.3 is 14.4 Å². The molecule has 2 aliphatic rings. The Balaban J connectivity index is 1.58. The number of unbranched alkanes of at least 4 members (excludes halogenated alkanes) is 1. The van der Waals surface area contributed by atoms with Crippen LogP contribution < -0.4 is 4.74 Å². The van der Waals surface area contributed by atoms with E-state index in [0.717, 1.165) is 23.5 Å². The van der Waals surface area contributed by atoms with Crippen molar-refractivity contribution in [3.63, 3.8) is 0 Å². The van der Waals surface area contributed by atoms with E-state index in [1.54, 1.807) is 29.2 Å². The topological polar surface area (TPSA) is 76.2 Å². The number of hydrogen-bond acceptors (Lipinski definition) is 5. The van der Waals surface area contributed by atoms with E-state index < -0.39 is 6.09 Å². The van der Waals surface area contributed by atoms with Crippen LogP contribution in [-0.4, -0.2) is 60.1 Å². The van der Waals surface area contributed by atoms with Crippen LogP contribution in [-0.2, 0) is 9.53 Å². The van der Waals surface area contributed by atoms with Crippen LogP contribution in [0.15, 0.2) is 24.3 Å². The smallest absolute Gasteiger partial charge is 0.417 e. The Labute approximate surface area is 146 Å². The van der Waals surface area contributed by atoms with Crippen molar-refractivity contribution in [2.75, 3.05) is 26.3 Å². The Kier molecular flexibility index (Phi) is 5.21. The van der Waals surface area contributed by atoms with E-state index in [1.807, 2.05) is 0 Å². The predicted molar refractivity (Wildman–Crippen MR) is 89.3 cm³/mol. The Hall–Kier alpha value is -2.57. The molecule has 3 rings (SSSR count). The summed E-state index contributed by atoms with van der Waals surface area (Å²) in [6.07, 6.45) is 2.02. The van der Waals surface area contributed by atoms with Crippen LogP contribution in [0, 0.1) is 0 Å². The molecule has 2 saturated heterocycles. The van der Waals surface area contributed by atoms with E-state index in [-0.39, 0.29) is 24.5 Å². The summed E-state index contributed by atoms with van der Waals surface area (Å²) in [6.45, 7) is 3.41. The molecule has 1 aromatic carbocycles. The lowest BCUT2D eigenvalue weighted by Crippen LogP contribution is -2.42. The van der Waals surface area contributed by atoms with Crippen molar-refractivity contribution in [3.05, 3.63) is 29.8 Å². The molecule has 134 valence electrons. The van der Waals surface area contributed by atoms with Crippen LogP contribution in [0.25, 0.3) is 0 Å². The SMILES string of the molecule is CCCCOc1ccc(C(=O)N2CC[C@@H](N3C(=O)COC3=O)C2)cc1. The van der Waals surface area contributed by atoms with Crippen LogP contribution in [0.4, 0.5) is 4.79 Å². The molecule has 0 spiro atoms. The van der Waals surface area contributed by atoms with Crippen LogP contribution in [0.5, 0.6) is 5.75 Å². The van der Waals surface area contributed by atoms with Gasteiger partial charge in [-0.05, 0) is 37.1 Å². The highest BCUT2D eigenvalue weighted by atomic mass is 16.6. The van der Waals surface area contributed by atoms with Gasteiger partial charge in [0.15, 0.2) is 6.61 Å². The van der Waals surface area contributed by atoms with Crippen molar-refractivity contribution in [3.8, 4) is 5.75 Å².